The van der Waals surface area contributed by atoms with Crippen LogP contribution in [-0.2, 0) is 10.2 Å². The van der Waals surface area contributed by atoms with Gasteiger partial charge in [-0.3, -0.25) is 0 Å². The Morgan fingerprint density at radius 3 is 2.48 bits per heavy atom. The molecule has 0 aliphatic heterocycles. The molecule has 0 atom stereocenters. The highest BCUT2D eigenvalue weighted by Crippen LogP contribution is 2.28. The van der Waals surface area contributed by atoms with Gasteiger partial charge in [-0.25, -0.2) is 9.48 Å². The van der Waals surface area contributed by atoms with Crippen molar-refractivity contribution < 1.29 is 9.53 Å². The van der Waals surface area contributed by atoms with Crippen LogP contribution in [0.2, 0.25) is 0 Å². The molecule has 0 aliphatic carbocycles. The summed E-state index contributed by atoms with van der Waals surface area (Å²) in [5.41, 5.74) is 3.18. The summed E-state index contributed by atoms with van der Waals surface area (Å²) in [6, 6.07) is 7.78. The maximum atomic E-state index is 11.8. The van der Waals surface area contributed by atoms with Gasteiger partial charge in [-0.1, -0.05) is 36.7 Å². The summed E-state index contributed by atoms with van der Waals surface area (Å²) < 4.78 is 7.62. The van der Waals surface area contributed by atoms with Crippen molar-refractivity contribution in [2.75, 3.05) is 7.11 Å². The summed E-state index contributed by atoms with van der Waals surface area (Å²) in [5, 5.41) is 4.43. The van der Waals surface area contributed by atoms with Crippen LogP contribution in [0.3, 0.4) is 0 Å². The first-order chi connectivity index (χ1) is 9.74. The first-order valence-electron chi connectivity index (χ1n) is 6.69. The van der Waals surface area contributed by atoms with Gasteiger partial charge in [-0.15, -0.1) is 0 Å². The van der Waals surface area contributed by atoms with Gasteiger partial charge >= 0.3 is 5.97 Å². The molecular formula is C16H19BrN2O2. The Kier molecular flexibility index (Phi) is 4.23. The summed E-state index contributed by atoms with van der Waals surface area (Å²) >= 11 is 3.46. The first-order valence-corrected chi connectivity index (χ1v) is 7.48. The van der Waals surface area contributed by atoms with Crippen LogP contribution in [0.15, 0.2) is 28.7 Å². The molecule has 5 heteroatoms. The van der Waals surface area contributed by atoms with Crippen LogP contribution < -0.4 is 0 Å². The number of nitrogens with zero attached hydrogens (tertiary/aromatic N) is 2. The lowest BCUT2D eigenvalue weighted by Gasteiger charge is -2.21. The number of benzene rings is 1. The van der Waals surface area contributed by atoms with Crippen molar-refractivity contribution in [2.45, 2.75) is 33.1 Å². The quantitative estimate of drug-likeness (QED) is 0.768. The van der Waals surface area contributed by atoms with E-state index >= 15 is 0 Å². The number of aromatic nitrogens is 2. The van der Waals surface area contributed by atoms with Gasteiger partial charge in [-0.05, 0) is 36.8 Å². The van der Waals surface area contributed by atoms with Crippen molar-refractivity contribution in [1.29, 1.82) is 0 Å². The van der Waals surface area contributed by atoms with Gasteiger partial charge in [0, 0.05) is 9.89 Å². The van der Waals surface area contributed by atoms with E-state index in [0.29, 0.717) is 5.69 Å². The number of aryl methyl sites for hydroxylation is 1. The number of esters is 1. The molecule has 1 aromatic heterocycles. The van der Waals surface area contributed by atoms with Gasteiger partial charge in [-0.2, -0.15) is 5.10 Å². The van der Waals surface area contributed by atoms with Gasteiger partial charge in [0.15, 0.2) is 5.69 Å². The predicted octanol–water partition coefficient (Wildman–Crippen LogP) is 4.03. The number of ether oxygens (including phenoxy) is 1. The van der Waals surface area contributed by atoms with E-state index in [0.717, 1.165) is 21.4 Å². The Morgan fingerprint density at radius 1 is 1.29 bits per heavy atom. The standard InChI is InChI=1S/C16H19BrN2O2/c1-10-8-11(17)6-7-13(10)19-14(16(2,3)4)9-12(18-19)15(20)21-5/h6-9H,1-5H3. The number of rotatable bonds is 2. The van der Waals surface area contributed by atoms with E-state index in [1.165, 1.54) is 7.11 Å². The Bertz CT molecular complexity index is 684. The fourth-order valence-corrected chi connectivity index (χ4v) is 2.64. The van der Waals surface area contributed by atoms with Crippen LogP contribution in [0.1, 0.15) is 42.5 Å². The van der Waals surface area contributed by atoms with Crippen LogP contribution >= 0.6 is 15.9 Å². The minimum atomic E-state index is -0.422. The van der Waals surface area contributed by atoms with E-state index < -0.39 is 5.97 Å². The van der Waals surface area contributed by atoms with Crippen LogP contribution in [0, 0.1) is 6.92 Å². The number of methoxy groups -OCH3 is 1. The molecule has 0 saturated heterocycles. The highest BCUT2D eigenvalue weighted by molar-refractivity contribution is 9.10. The molecule has 0 saturated carbocycles. The van der Waals surface area contributed by atoms with Crippen molar-refractivity contribution in [3.8, 4) is 5.69 Å². The Balaban J connectivity index is 2.66. The minimum absolute atomic E-state index is 0.140. The van der Waals surface area contributed by atoms with E-state index in [-0.39, 0.29) is 5.41 Å². The second-order valence-electron chi connectivity index (χ2n) is 6.00. The average Bonchev–Trinajstić information content (AvgIpc) is 2.82. The van der Waals surface area contributed by atoms with E-state index in [1.54, 1.807) is 6.07 Å². The predicted molar refractivity (Wildman–Crippen MR) is 86.0 cm³/mol. The number of hydrogen-bond donors (Lipinski definition) is 0. The number of halogens is 1. The Morgan fingerprint density at radius 2 is 1.95 bits per heavy atom. The fraction of sp³-hybridized carbons (Fsp3) is 0.375. The van der Waals surface area contributed by atoms with E-state index in [4.69, 9.17) is 4.74 Å². The maximum absolute atomic E-state index is 11.8. The molecule has 1 heterocycles. The summed E-state index contributed by atoms with van der Waals surface area (Å²) in [4.78, 5) is 11.8. The van der Waals surface area contributed by atoms with E-state index in [1.807, 2.05) is 29.8 Å². The largest absolute Gasteiger partial charge is 0.464 e. The molecule has 0 fully saturated rings. The smallest absolute Gasteiger partial charge is 0.358 e. The van der Waals surface area contributed by atoms with Crippen molar-refractivity contribution >= 4 is 21.9 Å². The van der Waals surface area contributed by atoms with Gasteiger partial charge < -0.3 is 4.74 Å². The molecule has 21 heavy (non-hydrogen) atoms. The van der Waals surface area contributed by atoms with E-state index in [2.05, 4.69) is 41.8 Å². The van der Waals surface area contributed by atoms with Crippen LogP contribution in [0.5, 0.6) is 0 Å². The molecule has 2 aromatic rings. The van der Waals surface area contributed by atoms with Crippen molar-refractivity contribution in [2.24, 2.45) is 0 Å². The normalized spacial score (nSPS) is 11.5. The molecule has 0 bridgehead atoms. The molecule has 0 aliphatic rings. The number of carbonyl (C=O) groups is 1. The average molecular weight is 351 g/mol. The van der Waals surface area contributed by atoms with Crippen molar-refractivity contribution in [3.05, 3.63) is 45.7 Å². The summed E-state index contributed by atoms with van der Waals surface area (Å²) in [7, 11) is 1.36. The van der Waals surface area contributed by atoms with Crippen molar-refractivity contribution in [3.63, 3.8) is 0 Å². The van der Waals surface area contributed by atoms with E-state index in [9.17, 15) is 4.79 Å². The maximum Gasteiger partial charge on any atom is 0.358 e. The highest BCUT2D eigenvalue weighted by atomic mass is 79.9. The van der Waals surface area contributed by atoms with Gasteiger partial charge in [0.25, 0.3) is 0 Å². The number of carbonyl (C=O) groups excluding carboxylic acids is 1. The SMILES string of the molecule is COC(=O)c1cc(C(C)(C)C)n(-c2ccc(Br)cc2C)n1. The molecule has 1 aromatic carbocycles. The molecule has 112 valence electrons. The summed E-state index contributed by atoms with van der Waals surface area (Å²) in [5.74, 6) is -0.422. The van der Waals surface area contributed by atoms with Gasteiger partial charge in [0.1, 0.15) is 0 Å². The summed E-state index contributed by atoms with van der Waals surface area (Å²) in [6.07, 6.45) is 0. The third-order valence-electron chi connectivity index (χ3n) is 3.26. The molecule has 0 radical (unpaired) electrons. The zero-order valence-corrected chi connectivity index (χ0v) is 14.5. The minimum Gasteiger partial charge on any atom is -0.464 e. The molecule has 0 N–H and O–H groups in total. The van der Waals surface area contributed by atoms with Crippen molar-refractivity contribution in [1.82, 2.24) is 9.78 Å². The topological polar surface area (TPSA) is 44.1 Å². The number of hydrogen-bond acceptors (Lipinski definition) is 3. The third-order valence-corrected chi connectivity index (χ3v) is 3.75. The summed E-state index contributed by atoms with van der Waals surface area (Å²) in [6.45, 7) is 8.30. The monoisotopic (exact) mass is 350 g/mol. The zero-order chi connectivity index (χ0) is 15.8. The zero-order valence-electron chi connectivity index (χ0n) is 12.9. The molecular weight excluding hydrogens is 332 g/mol. The molecule has 4 nitrogen and oxygen atoms in total. The molecule has 0 amide bonds. The first kappa shape index (κ1) is 15.8. The Labute approximate surface area is 133 Å². The highest BCUT2D eigenvalue weighted by Gasteiger charge is 2.25. The lowest BCUT2D eigenvalue weighted by atomic mass is 9.91. The van der Waals surface area contributed by atoms with Crippen LogP contribution in [0.25, 0.3) is 5.69 Å². The third kappa shape index (κ3) is 3.18. The molecule has 0 unspecified atom stereocenters. The van der Waals surface area contributed by atoms with Gasteiger partial charge in [0.2, 0.25) is 0 Å². The molecule has 2 rings (SSSR count). The lowest BCUT2D eigenvalue weighted by molar-refractivity contribution is 0.0593. The molecule has 0 spiro atoms. The van der Waals surface area contributed by atoms with Gasteiger partial charge in [0.05, 0.1) is 18.5 Å². The Hall–Kier alpha value is -1.62. The second-order valence-corrected chi connectivity index (χ2v) is 6.91. The van der Waals surface area contributed by atoms with Crippen LogP contribution in [0.4, 0.5) is 0 Å². The van der Waals surface area contributed by atoms with Crippen LogP contribution in [-0.4, -0.2) is 22.9 Å². The lowest BCUT2D eigenvalue weighted by Crippen LogP contribution is -2.17. The second kappa shape index (κ2) is 5.64. The fourth-order valence-electron chi connectivity index (χ4n) is 2.16.